The van der Waals surface area contributed by atoms with Gasteiger partial charge in [0.1, 0.15) is 6.61 Å². The number of carbonyl (C=O) groups is 2. The predicted molar refractivity (Wildman–Crippen MR) is 70.3 cm³/mol. The van der Waals surface area contributed by atoms with Crippen LogP contribution in [0.3, 0.4) is 0 Å². The molecule has 20 heavy (non-hydrogen) atoms. The smallest absolute Gasteiger partial charge is 0.335 e. The van der Waals surface area contributed by atoms with Gasteiger partial charge in [0.2, 0.25) is 5.91 Å². The first-order chi connectivity index (χ1) is 9.61. The molecular weight excluding hydrogens is 260 g/mol. The molecule has 0 bridgehead atoms. The molecule has 1 amide bonds. The van der Waals surface area contributed by atoms with Crippen molar-refractivity contribution in [2.24, 2.45) is 0 Å². The third-order valence-corrected chi connectivity index (χ3v) is 3.72. The molecular formula is C14H16N2O4. The number of hydrogen-bond donors (Lipinski definition) is 2. The molecule has 2 saturated heterocycles. The third-order valence-electron chi connectivity index (χ3n) is 3.72. The van der Waals surface area contributed by atoms with Gasteiger partial charge in [-0.3, -0.25) is 9.69 Å². The molecule has 2 fully saturated rings. The van der Waals surface area contributed by atoms with Crippen LogP contribution in [0.15, 0.2) is 24.3 Å². The average Bonchev–Trinajstić information content (AvgIpc) is 2.80. The number of fused-ring (bicyclic) bond motifs is 1. The van der Waals surface area contributed by atoms with Crippen molar-refractivity contribution in [3.05, 3.63) is 35.4 Å². The molecule has 2 aliphatic heterocycles. The summed E-state index contributed by atoms with van der Waals surface area (Å²) in [6, 6.07) is 6.93. The van der Waals surface area contributed by atoms with Crippen molar-refractivity contribution in [2.75, 3.05) is 19.7 Å². The number of aromatic carboxylic acids is 1. The molecule has 2 atom stereocenters. The largest absolute Gasteiger partial charge is 0.478 e. The van der Waals surface area contributed by atoms with Gasteiger partial charge >= 0.3 is 5.97 Å². The molecule has 106 valence electrons. The number of nitrogens with one attached hydrogen (secondary N) is 1. The van der Waals surface area contributed by atoms with Crippen molar-refractivity contribution in [3.8, 4) is 0 Å². The van der Waals surface area contributed by atoms with Crippen molar-refractivity contribution in [2.45, 2.75) is 18.7 Å². The third kappa shape index (κ3) is 2.66. The molecule has 0 unspecified atom stereocenters. The second-order valence-electron chi connectivity index (χ2n) is 5.22. The maximum Gasteiger partial charge on any atom is 0.335 e. The fourth-order valence-corrected chi connectivity index (χ4v) is 2.73. The summed E-state index contributed by atoms with van der Waals surface area (Å²) >= 11 is 0. The summed E-state index contributed by atoms with van der Waals surface area (Å²) < 4.78 is 5.50. The Bertz CT molecular complexity index is 528. The van der Waals surface area contributed by atoms with Gasteiger partial charge in [-0.15, -0.1) is 0 Å². The van der Waals surface area contributed by atoms with Crippen LogP contribution < -0.4 is 5.32 Å². The quantitative estimate of drug-likeness (QED) is 0.817. The van der Waals surface area contributed by atoms with E-state index in [1.165, 1.54) is 0 Å². The summed E-state index contributed by atoms with van der Waals surface area (Å²) in [5.41, 5.74) is 1.35. The number of benzene rings is 1. The molecule has 2 N–H and O–H groups in total. The lowest BCUT2D eigenvalue weighted by Crippen LogP contribution is -2.50. The Morgan fingerprint density at radius 3 is 2.80 bits per heavy atom. The number of carboxylic acids is 1. The Hall–Kier alpha value is -1.92. The number of carboxylic acid groups (broad SMARTS) is 1. The van der Waals surface area contributed by atoms with Crippen LogP contribution >= 0.6 is 0 Å². The molecule has 1 aromatic rings. The standard InChI is InChI=1S/C14H16N2O4/c17-13-8-20-12-7-16(6-11(12)15-13)5-9-1-3-10(4-2-9)14(18)19/h1-4,11-12H,5-8H2,(H,15,17)(H,18,19)/t11-,12-/m0/s1. The van der Waals surface area contributed by atoms with Gasteiger partial charge < -0.3 is 15.2 Å². The molecule has 0 saturated carbocycles. The van der Waals surface area contributed by atoms with Crippen LogP contribution in [-0.2, 0) is 16.1 Å². The molecule has 2 heterocycles. The van der Waals surface area contributed by atoms with Gasteiger partial charge in [-0.05, 0) is 17.7 Å². The SMILES string of the molecule is O=C1CO[C@H]2CN(Cc3ccc(C(=O)O)cc3)C[C@@H]2N1. The lowest BCUT2D eigenvalue weighted by Gasteiger charge is -2.25. The van der Waals surface area contributed by atoms with Gasteiger partial charge in [0.15, 0.2) is 0 Å². The van der Waals surface area contributed by atoms with Crippen LogP contribution in [0.5, 0.6) is 0 Å². The number of hydrogen-bond acceptors (Lipinski definition) is 4. The predicted octanol–water partition coefficient (Wildman–Crippen LogP) is 0.0840. The number of morpholine rings is 1. The van der Waals surface area contributed by atoms with E-state index in [1.54, 1.807) is 12.1 Å². The topological polar surface area (TPSA) is 78.9 Å². The number of carbonyl (C=O) groups excluding carboxylic acids is 1. The van der Waals surface area contributed by atoms with Crippen LogP contribution in [0, 0.1) is 0 Å². The Morgan fingerprint density at radius 1 is 1.35 bits per heavy atom. The highest BCUT2D eigenvalue weighted by Crippen LogP contribution is 2.19. The molecule has 0 aromatic heterocycles. The first-order valence-corrected chi connectivity index (χ1v) is 6.57. The van der Waals surface area contributed by atoms with Crippen LogP contribution in [0.4, 0.5) is 0 Å². The Labute approximate surface area is 116 Å². The minimum Gasteiger partial charge on any atom is -0.478 e. The average molecular weight is 276 g/mol. The first kappa shape index (κ1) is 13.1. The fraction of sp³-hybridized carbons (Fsp3) is 0.429. The summed E-state index contributed by atoms with van der Waals surface area (Å²) in [4.78, 5) is 24.3. The van der Waals surface area contributed by atoms with Gasteiger partial charge in [0.25, 0.3) is 0 Å². The number of amides is 1. The Kier molecular flexibility index (Phi) is 3.42. The van der Waals surface area contributed by atoms with E-state index in [9.17, 15) is 9.59 Å². The molecule has 0 radical (unpaired) electrons. The summed E-state index contributed by atoms with van der Waals surface area (Å²) in [5.74, 6) is -0.973. The lowest BCUT2D eigenvalue weighted by atomic mass is 10.1. The summed E-state index contributed by atoms with van der Waals surface area (Å²) in [6.45, 7) is 2.41. The first-order valence-electron chi connectivity index (χ1n) is 6.57. The van der Waals surface area contributed by atoms with Gasteiger partial charge in [0.05, 0.1) is 17.7 Å². The Balaban J connectivity index is 1.61. The monoisotopic (exact) mass is 276 g/mol. The van der Waals surface area contributed by atoms with Crippen LogP contribution in [0.2, 0.25) is 0 Å². The van der Waals surface area contributed by atoms with E-state index in [0.29, 0.717) is 5.56 Å². The van der Waals surface area contributed by atoms with E-state index >= 15 is 0 Å². The molecule has 6 nitrogen and oxygen atoms in total. The van der Waals surface area contributed by atoms with E-state index in [4.69, 9.17) is 9.84 Å². The van der Waals surface area contributed by atoms with Crippen molar-refractivity contribution < 1.29 is 19.4 Å². The maximum absolute atomic E-state index is 11.3. The molecule has 1 aromatic carbocycles. The minimum atomic E-state index is -0.917. The zero-order valence-electron chi connectivity index (χ0n) is 10.9. The van der Waals surface area contributed by atoms with Gasteiger partial charge in [-0.25, -0.2) is 4.79 Å². The fourth-order valence-electron chi connectivity index (χ4n) is 2.73. The Morgan fingerprint density at radius 2 is 2.10 bits per heavy atom. The molecule has 6 heteroatoms. The van der Waals surface area contributed by atoms with E-state index in [1.807, 2.05) is 12.1 Å². The van der Waals surface area contributed by atoms with E-state index < -0.39 is 5.97 Å². The van der Waals surface area contributed by atoms with Gasteiger partial charge in [0, 0.05) is 19.6 Å². The minimum absolute atomic E-state index is 0.0566. The van der Waals surface area contributed by atoms with E-state index in [2.05, 4.69) is 10.2 Å². The van der Waals surface area contributed by atoms with Gasteiger partial charge in [-0.2, -0.15) is 0 Å². The zero-order valence-corrected chi connectivity index (χ0v) is 10.9. The molecule has 0 spiro atoms. The summed E-state index contributed by atoms with van der Waals surface area (Å²) in [6.07, 6.45) is 0.0611. The highest BCUT2D eigenvalue weighted by molar-refractivity contribution is 5.87. The maximum atomic E-state index is 11.3. The van der Waals surface area contributed by atoms with E-state index in [0.717, 1.165) is 25.2 Å². The number of likely N-dealkylation sites (tertiary alicyclic amines) is 1. The van der Waals surface area contributed by atoms with Crippen LogP contribution in [-0.4, -0.2) is 53.7 Å². The molecule has 2 aliphatic rings. The lowest BCUT2D eigenvalue weighted by molar-refractivity contribution is -0.134. The second kappa shape index (κ2) is 5.22. The number of nitrogens with zero attached hydrogens (tertiary/aromatic N) is 1. The van der Waals surface area contributed by atoms with Crippen LogP contribution in [0.1, 0.15) is 15.9 Å². The second-order valence-corrected chi connectivity index (χ2v) is 5.22. The zero-order chi connectivity index (χ0) is 14.1. The van der Waals surface area contributed by atoms with Crippen molar-refractivity contribution >= 4 is 11.9 Å². The molecule has 3 rings (SSSR count). The van der Waals surface area contributed by atoms with Crippen molar-refractivity contribution in [3.63, 3.8) is 0 Å². The van der Waals surface area contributed by atoms with E-state index in [-0.39, 0.29) is 24.7 Å². The highest BCUT2D eigenvalue weighted by atomic mass is 16.5. The highest BCUT2D eigenvalue weighted by Gasteiger charge is 2.37. The van der Waals surface area contributed by atoms with Crippen molar-refractivity contribution in [1.82, 2.24) is 10.2 Å². The van der Waals surface area contributed by atoms with Gasteiger partial charge in [-0.1, -0.05) is 12.1 Å². The molecule has 0 aliphatic carbocycles. The van der Waals surface area contributed by atoms with Crippen molar-refractivity contribution in [1.29, 1.82) is 0 Å². The summed E-state index contributed by atoms with van der Waals surface area (Å²) in [5, 5.41) is 11.8. The number of rotatable bonds is 3. The van der Waals surface area contributed by atoms with Crippen LogP contribution in [0.25, 0.3) is 0 Å². The summed E-state index contributed by atoms with van der Waals surface area (Å²) in [7, 11) is 0. The normalized spacial score (nSPS) is 26.1. The number of ether oxygens (including phenoxy) is 1.